The van der Waals surface area contributed by atoms with Gasteiger partial charge in [0.2, 0.25) is 0 Å². The van der Waals surface area contributed by atoms with Crippen LogP contribution < -0.4 is 0 Å². The van der Waals surface area contributed by atoms with Crippen molar-refractivity contribution in [1.82, 2.24) is 0 Å². The van der Waals surface area contributed by atoms with Crippen LogP contribution in [0.25, 0.3) is 0 Å². The maximum absolute atomic E-state index is 4.19. The molecule has 0 aliphatic heterocycles. The molecule has 1 unspecified atom stereocenters. The van der Waals surface area contributed by atoms with Crippen molar-refractivity contribution in [3.8, 4) is 0 Å². The third-order valence-electron chi connectivity index (χ3n) is 0.965. The van der Waals surface area contributed by atoms with Crippen molar-refractivity contribution in [1.29, 1.82) is 0 Å². The van der Waals surface area contributed by atoms with Crippen LogP contribution in [0.2, 0.25) is 0 Å². The Hall–Kier alpha value is 0.947. The molecule has 0 aromatic heterocycles. The van der Waals surface area contributed by atoms with Crippen LogP contribution in [-0.2, 0) is 0 Å². The molecule has 39 valence electrons. The van der Waals surface area contributed by atoms with Gasteiger partial charge < -0.3 is 0 Å². The standard InChI is InChI=1S/C5H12S.Li/c1-4(2)5(3)6;/h4-6H,1-3H3;. The zero-order valence-corrected chi connectivity index (χ0v) is 6.50. The molecule has 0 rings (SSSR count). The summed E-state index contributed by atoms with van der Waals surface area (Å²) < 4.78 is 0. The molecule has 0 heterocycles. The summed E-state index contributed by atoms with van der Waals surface area (Å²) in [5, 5.41) is 0.546. The van der Waals surface area contributed by atoms with E-state index in [0.29, 0.717) is 11.2 Å². The van der Waals surface area contributed by atoms with E-state index < -0.39 is 0 Å². The summed E-state index contributed by atoms with van der Waals surface area (Å²) in [6, 6.07) is 0. The summed E-state index contributed by atoms with van der Waals surface area (Å²) in [6.45, 7) is 6.43. The van der Waals surface area contributed by atoms with Gasteiger partial charge in [-0.15, -0.1) is 0 Å². The van der Waals surface area contributed by atoms with E-state index in [1.54, 1.807) is 0 Å². The molecule has 2 heteroatoms. The van der Waals surface area contributed by atoms with Crippen LogP contribution in [0.15, 0.2) is 0 Å². The molecule has 0 saturated carbocycles. The molecule has 0 aromatic rings. The summed E-state index contributed by atoms with van der Waals surface area (Å²) >= 11 is 4.19. The van der Waals surface area contributed by atoms with Gasteiger partial charge in [0.25, 0.3) is 0 Å². The van der Waals surface area contributed by atoms with Crippen molar-refractivity contribution in [3.05, 3.63) is 0 Å². The first-order valence-electron chi connectivity index (χ1n) is 2.32. The number of hydrogen-bond donors (Lipinski definition) is 1. The Morgan fingerprint density at radius 2 is 1.29 bits per heavy atom. The molecule has 0 fully saturated rings. The summed E-state index contributed by atoms with van der Waals surface area (Å²) in [6.07, 6.45) is 0. The van der Waals surface area contributed by atoms with Gasteiger partial charge in [-0.05, 0) is 5.92 Å². The van der Waals surface area contributed by atoms with E-state index in [9.17, 15) is 0 Å². The monoisotopic (exact) mass is 111 g/mol. The molecular weight excluding hydrogens is 99.1 g/mol. The fourth-order valence-corrected chi connectivity index (χ4v) is 0. The third-order valence-corrected chi connectivity index (χ3v) is 1.56. The molecule has 0 bridgehead atoms. The van der Waals surface area contributed by atoms with Gasteiger partial charge in [0.1, 0.15) is 0 Å². The molecular formula is C5H12LiS. The largest absolute Gasteiger partial charge is 0.176 e. The zero-order valence-electron chi connectivity index (χ0n) is 5.60. The third kappa shape index (κ3) is 6.95. The smallest absolute Gasteiger partial charge is 0.00114 e. The van der Waals surface area contributed by atoms with E-state index in [1.807, 2.05) is 0 Å². The second-order valence-corrected chi connectivity index (χ2v) is 2.80. The predicted octanol–water partition coefficient (Wildman–Crippen LogP) is 1.58. The van der Waals surface area contributed by atoms with E-state index >= 15 is 0 Å². The van der Waals surface area contributed by atoms with E-state index in [1.165, 1.54) is 0 Å². The fraction of sp³-hybridized carbons (Fsp3) is 1.00. The van der Waals surface area contributed by atoms with Gasteiger partial charge in [0, 0.05) is 24.1 Å². The van der Waals surface area contributed by atoms with E-state index in [4.69, 9.17) is 0 Å². The summed E-state index contributed by atoms with van der Waals surface area (Å²) in [5.41, 5.74) is 0. The van der Waals surface area contributed by atoms with Crippen molar-refractivity contribution < 1.29 is 0 Å². The normalized spacial score (nSPS) is 13.3. The Kier molecular flexibility index (Phi) is 7.89. The quantitative estimate of drug-likeness (QED) is 0.385. The van der Waals surface area contributed by atoms with Crippen LogP contribution in [-0.4, -0.2) is 24.1 Å². The SMILES string of the molecule is CC(C)C(C)S.[Li]. The molecule has 0 saturated heterocycles. The van der Waals surface area contributed by atoms with Crippen molar-refractivity contribution >= 4 is 31.5 Å². The van der Waals surface area contributed by atoms with Crippen molar-refractivity contribution in [2.24, 2.45) is 5.92 Å². The van der Waals surface area contributed by atoms with E-state index in [-0.39, 0.29) is 18.9 Å². The minimum atomic E-state index is 0. The summed E-state index contributed by atoms with van der Waals surface area (Å²) in [4.78, 5) is 0. The van der Waals surface area contributed by atoms with Gasteiger partial charge >= 0.3 is 0 Å². The molecule has 0 N–H and O–H groups in total. The van der Waals surface area contributed by atoms with E-state index in [2.05, 4.69) is 33.4 Å². The molecule has 0 aliphatic carbocycles. The zero-order chi connectivity index (χ0) is 5.15. The molecule has 0 aromatic carbocycles. The Balaban J connectivity index is 0. The molecule has 1 radical (unpaired) electrons. The minimum absolute atomic E-state index is 0. The Labute approximate surface area is 63.7 Å². The van der Waals surface area contributed by atoms with Gasteiger partial charge in [-0.3, -0.25) is 0 Å². The van der Waals surface area contributed by atoms with Crippen molar-refractivity contribution in [2.45, 2.75) is 26.0 Å². The molecule has 0 aliphatic rings. The van der Waals surface area contributed by atoms with Gasteiger partial charge in [-0.2, -0.15) is 12.6 Å². The van der Waals surface area contributed by atoms with E-state index in [0.717, 1.165) is 0 Å². The van der Waals surface area contributed by atoms with Crippen LogP contribution in [0.5, 0.6) is 0 Å². The maximum Gasteiger partial charge on any atom is 0.00114 e. The predicted molar refractivity (Wildman–Crippen MR) is 39.0 cm³/mol. The topological polar surface area (TPSA) is 0 Å². The average Bonchev–Trinajstić information content (AvgIpc) is 1.36. The number of thiol groups is 1. The van der Waals surface area contributed by atoms with Crippen molar-refractivity contribution in [3.63, 3.8) is 0 Å². The van der Waals surface area contributed by atoms with Crippen LogP contribution in [0.1, 0.15) is 20.8 Å². The average molecular weight is 111 g/mol. The number of hydrogen-bond acceptors (Lipinski definition) is 1. The first kappa shape index (κ1) is 10.8. The molecule has 0 spiro atoms. The summed E-state index contributed by atoms with van der Waals surface area (Å²) in [5.74, 6) is 0.716. The van der Waals surface area contributed by atoms with Crippen molar-refractivity contribution in [2.75, 3.05) is 0 Å². The van der Waals surface area contributed by atoms with Gasteiger partial charge in [0.05, 0.1) is 0 Å². The Bertz CT molecular complexity index is 29.1. The first-order valence-corrected chi connectivity index (χ1v) is 2.84. The molecule has 1 atom stereocenters. The Morgan fingerprint density at radius 1 is 1.14 bits per heavy atom. The van der Waals surface area contributed by atoms with Crippen LogP contribution >= 0.6 is 12.6 Å². The second kappa shape index (κ2) is 5.09. The van der Waals surface area contributed by atoms with Crippen LogP contribution in [0, 0.1) is 5.92 Å². The maximum atomic E-state index is 4.19. The number of rotatable bonds is 1. The van der Waals surface area contributed by atoms with Crippen LogP contribution in [0.3, 0.4) is 0 Å². The van der Waals surface area contributed by atoms with Gasteiger partial charge in [-0.1, -0.05) is 20.8 Å². The van der Waals surface area contributed by atoms with Gasteiger partial charge in [-0.25, -0.2) is 0 Å². The van der Waals surface area contributed by atoms with Crippen LogP contribution in [0.4, 0.5) is 0 Å². The minimum Gasteiger partial charge on any atom is -0.176 e. The Morgan fingerprint density at radius 3 is 1.29 bits per heavy atom. The molecule has 7 heavy (non-hydrogen) atoms. The molecule has 0 amide bonds. The summed E-state index contributed by atoms with van der Waals surface area (Å²) in [7, 11) is 0. The molecule has 0 nitrogen and oxygen atoms in total. The first-order chi connectivity index (χ1) is 2.64. The fourth-order valence-electron chi connectivity index (χ4n) is 0. The second-order valence-electron chi connectivity index (χ2n) is 1.98. The van der Waals surface area contributed by atoms with Gasteiger partial charge in [0.15, 0.2) is 0 Å².